The summed E-state index contributed by atoms with van der Waals surface area (Å²) in [6.45, 7) is 5.72. The summed E-state index contributed by atoms with van der Waals surface area (Å²) >= 11 is 0. The second kappa shape index (κ2) is 9.04. The van der Waals surface area contributed by atoms with Gasteiger partial charge in [0.15, 0.2) is 11.5 Å². The number of hydrogen-bond acceptors (Lipinski definition) is 6. The Kier molecular flexibility index (Phi) is 6.04. The maximum absolute atomic E-state index is 12.3. The first-order valence-corrected chi connectivity index (χ1v) is 10.1. The zero-order chi connectivity index (χ0) is 20.9. The molecule has 0 spiro atoms. The van der Waals surface area contributed by atoms with Crippen LogP contribution < -0.4 is 25.2 Å². The largest absolute Gasteiger partial charge is 0.485 e. The van der Waals surface area contributed by atoms with E-state index in [0.717, 1.165) is 26.2 Å². The fourth-order valence-electron chi connectivity index (χ4n) is 3.67. The molecule has 158 valence electrons. The Bertz CT molecular complexity index is 912. The van der Waals surface area contributed by atoms with Crippen molar-refractivity contribution in [2.45, 2.75) is 13.0 Å². The summed E-state index contributed by atoms with van der Waals surface area (Å²) in [6, 6.07) is 15.5. The normalized spacial score (nSPS) is 18.6. The third kappa shape index (κ3) is 4.65. The molecule has 2 aliphatic rings. The Labute approximate surface area is 175 Å². The first-order valence-electron chi connectivity index (χ1n) is 10.1. The van der Waals surface area contributed by atoms with E-state index in [-0.39, 0.29) is 19.1 Å². The smallest absolute Gasteiger partial charge is 0.283 e. The third-order valence-electron chi connectivity index (χ3n) is 5.32. The van der Waals surface area contributed by atoms with Gasteiger partial charge in [0.25, 0.3) is 11.8 Å². The summed E-state index contributed by atoms with van der Waals surface area (Å²) in [5, 5.41) is 0. The molecule has 2 N–H and O–H groups in total. The highest BCUT2D eigenvalue weighted by atomic mass is 16.6. The number of carbonyl (C=O) groups excluding carboxylic acids is 2. The molecule has 8 nitrogen and oxygen atoms in total. The minimum atomic E-state index is -0.808. The number of benzene rings is 2. The predicted molar refractivity (Wildman–Crippen MR) is 112 cm³/mol. The van der Waals surface area contributed by atoms with E-state index >= 15 is 0 Å². The summed E-state index contributed by atoms with van der Waals surface area (Å²) in [5.41, 5.74) is 7.40. The SMILES string of the molecule is Cc1ccccc1N1CCN(CC(=O)NNC(=O)[C@H]2COc3ccccc3O2)CC1. The van der Waals surface area contributed by atoms with Crippen molar-refractivity contribution in [3.63, 3.8) is 0 Å². The summed E-state index contributed by atoms with van der Waals surface area (Å²) in [6.07, 6.45) is -0.808. The number of nitrogens with one attached hydrogen (secondary N) is 2. The number of aryl methyl sites for hydroxylation is 1. The zero-order valence-electron chi connectivity index (χ0n) is 17.0. The number of rotatable bonds is 4. The van der Waals surface area contributed by atoms with Gasteiger partial charge in [0.2, 0.25) is 6.10 Å². The van der Waals surface area contributed by atoms with Gasteiger partial charge in [-0.1, -0.05) is 30.3 Å². The van der Waals surface area contributed by atoms with Crippen LogP contribution in [-0.4, -0.2) is 62.1 Å². The Morgan fingerprint density at radius 2 is 1.67 bits per heavy atom. The second-order valence-corrected chi connectivity index (χ2v) is 7.45. The number of para-hydroxylation sites is 3. The Morgan fingerprint density at radius 3 is 2.43 bits per heavy atom. The Balaban J connectivity index is 1.19. The number of ether oxygens (including phenoxy) is 2. The lowest BCUT2D eigenvalue weighted by molar-refractivity contribution is -0.135. The standard InChI is InChI=1S/C22H26N4O4/c1-16-6-2-3-7-17(16)26-12-10-25(11-13-26)14-21(27)23-24-22(28)20-15-29-18-8-4-5-9-19(18)30-20/h2-9,20H,10-15H2,1H3,(H,23,27)(H,24,28)/t20-/m1/s1. The molecule has 0 radical (unpaired) electrons. The van der Waals surface area contributed by atoms with E-state index in [4.69, 9.17) is 9.47 Å². The lowest BCUT2D eigenvalue weighted by Crippen LogP contribution is -2.54. The molecule has 8 heteroatoms. The maximum atomic E-state index is 12.3. The van der Waals surface area contributed by atoms with Gasteiger partial charge in [-0.3, -0.25) is 25.3 Å². The topological polar surface area (TPSA) is 83.1 Å². The van der Waals surface area contributed by atoms with Crippen LogP contribution in [0.3, 0.4) is 0 Å². The van der Waals surface area contributed by atoms with Crippen LogP contribution in [0.15, 0.2) is 48.5 Å². The van der Waals surface area contributed by atoms with Crippen LogP contribution >= 0.6 is 0 Å². The van der Waals surface area contributed by atoms with Crippen LogP contribution in [0.5, 0.6) is 11.5 Å². The zero-order valence-corrected chi connectivity index (χ0v) is 17.0. The van der Waals surface area contributed by atoms with Crippen LogP contribution in [0.25, 0.3) is 0 Å². The van der Waals surface area contributed by atoms with Crippen molar-refractivity contribution in [1.29, 1.82) is 0 Å². The minimum absolute atomic E-state index is 0.0968. The van der Waals surface area contributed by atoms with Crippen molar-refractivity contribution < 1.29 is 19.1 Å². The first-order chi connectivity index (χ1) is 14.6. The van der Waals surface area contributed by atoms with Crippen LogP contribution in [0.2, 0.25) is 0 Å². The van der Waals surface area contributed by atoms with Crippen LogP contribution in [-0.2, 0) is 9.59 Å². The molecule has 0 saturated carbocycles. The van der Waals surface area contributed by atoms with Gasteiger partial charge in [0, 0.05) is 31.9 Å². The highest BCUT2D eigenvalue weighted by Crippen LogP contribution is 2.30. The van der Waals surface area contributed by atoms with Gasteiger partial charge in [-0.25, -0.2) is 0 Å². The maximum Gasteiger partial charge on any atom is 0.283 e. The molecule has 1 fully saturated rings. The molecular weight excluding hydrogens is 384 g/mol. The van der Waals surface area contributed by atoms with E-state index in [1.54, 1.807) is 12.1 Å². The molecule has 2 aromatic rings. The van der Waals surface area contributed by atoms with Gasteiger partial charge in [0.05, 0.1) is 6.54 Å². The fourth-order valence-corrected chi connectivity index (χ4v) is 3.67. The van der Waals surface area contributed by atoms with Crippen LogP contribution in [0.4, 0.5) is 5.69 Å². The first kappa shape index (κ1) is 20.0. The van der Waals surface area contributed by atoms with E-state index in [0.29, 0.717) is 11.5 Å². The van der Waals surface area contributed by atoms with Crippen molar-refractivity contribution in [3.05, 3.63) is 54.1 Å². The van der Waals surface area contributed by atoms with Gasteiger partial charge in [0.1, 0.15) is 6.61 Å². The van der Waals surface area contributed by atoms with E-state index in [9.17, 15) is 9.59 Å². The second-order valence-electron chi connectivity index (χ2n) is 7.45. The molecule has 1 atom stereocenters. The monoisotopic (exact) mass is 410 g/mol. The van der Waals surface area contributed by atoms with Crippen LogP contribution in [0.1, 0.15) is 5.56 Å². The Hall–Kier alpha value is -3.26. The molecule has 0 aromatic heterocycles. The number of amides is 2. The molecule has 4 rings (SSSR count). The average Bonchev–Trinajstić information content (AvgIpc) is 2.78. The fraction of sp³-hybridized carbons (Fsp3) is 0.364. The molecule has 1 saturated heterocycles. The molecule has 2 heterocycles. The van der Waals surface area contributed by atoms with Crippen molar-refractivity contribution in [3.8, 4) is 11.5 Å². The molecule has 30 heavy (non-hydrogen) atoms. The summed E-state index contributed by atoms with van der Waals surface area (Å²) in [4.78, 5) is 28.9. The molecule has 2 aromatic carbocycles. The highest BCUT2D eigenvalue weighted by molar-refractivity contribution is 5.86. The molecule has 2 aliphatic heterocycles. The van der Waals surface area contributed by atoms with Crippen molar-refractivity contribution in [2.24, 2.45) is 0 Å². The molecule has 0 bridgehead atoms. The van der Waals surface area contributed by atoms with E-state index in [2.05, 4.69) is 39.7 Å². The molecule has 0 unspecified atom stereocenters. The van der Waals surface area contributed by atoms with Crippen molar-refractivity contribution >= 4 is 17.5 Å². The lowest BCUT2D eigenvalue weighted by atomic mass is 10.1. The number of piperazine rings is 1. The van der Waals surface area contributed by atoms with Gasteiger partial charge in [-0.05, 0) is 30.7 Å². The lowest BCUT2D eigenvalue weighted by Gasteiger charge is -2.36. The minimum Gasteiger partial charge on any atom is -0.485 e. The number of fused-ring (bicyclic) bond motifs is 1. The quantitative estimate of drug-likeness (QED) is 0.735. The molecule has 2 amide bonds. The Morgan fingerprint density at radius 1 is 0.967 bits per heavy atom. The van der Waals surface area contributed by atoms with Crippen LogP contribution in [0, 0.1) is 6.92 Å². The molecule has 0 aliphatic carbocycles. The van der Waals surface area contributed by atoms with E-state index < -0.39 is 12.0 Å². The van der Waals surface area contributed by atoms with Gasteiger partial charge in [-0.2, -0.15) is 0 Å². The molecular formula is C22H26N4O4. The average molecular weight is 410 g/mol. The predicted octanol–water partition coefficient (Wildman–Crippen LogP) is 1.10. The van der Waals surface area contributed by atoms with E-state index in [1.165, 1.54) is 11.3 Å². The van der Waals surface area contributed by atoms with Crippen molar-refractivity contribution in [1.82, 2.24) is 15.8 Å². The van der Waals surface area contributed by atoms with Gasteiger partial charge >= 0.3 is 0 Å². The highest BCUT2D eigenvalue weighted by Gasteiger charge is 2.28. The number of hydrazine groups is 1. The van der Waals surface area contributed by atoms with Gasteiger partial charge < -0.3 is 14.4 Å². The number of carbonyl (C=O) groups is 2. The number of anilines is 1. The number of nitrogens with zero attached hydrogens (tertiary/aromatic N) is 2. The number of hydrogen-bond donors (Lipinski definition) is 2. The van der Waals surface area contributed by atoms with Gasteiger partial charge in [-0.15, -0.1) is 0 Å². The summed E-state index contributed by atoms with van der Waals surface area (Å²) < 4.78 is 11.2. The van der Waals surface area contributed by atoms with Crippen molar-refractivity contribution in [2.75, 3.05) is 44.2 Å². The van der Waals surface area contributed by atoms with E-state index in [1.807, 2.05) is 24.3 Å². The third-order valence-corrected chi connectivity index (χ3v) is 5.32. The summed E-state index contributed by atoms with van der Waals surface area (Å²) in [7, 11) is 0. The summed E-state index contributed by atoms with van der Waals surface area (Å²) in [5.74, 6) is 0.421.